The number of aromatic nitrogens is 2. The Labute approximate surface area is 143 Å². The molecule has 0 unspecified atom stereocenters. The van der Waals surface area contributed by atoms with Crippen LogP contribution in [0.4, 0.5) is 4.79 Å². The highest BCUT2D eigenvalue weighted by atomic mass is 16.3. The van der Waals surface area contributed by atoms with Crippen molar-refractivity contribution < 1.29 is 14.0 Å². The average molecular weight is 336 g/mol. The van der Waals surface area contributed by atoms with Gasteiger partial charge in [-0.1, -0.05) is 18.2 Å². The summed E-state index contributed by atoms with van der Waals surface area (Å²) in [5, 5.41) is 7.14. The molecule has 7 heteroatoms. The van der Waals surface area contributed by atoms with Crippen molar-refractivity contribution in [3.63, 3.8) is 0 Å². The summed E-state index contributed by atoms with van der Waals surface area (Å²) < 4.78 is 7.03. The van der Waals surface area contributed by atoms with Crippen LogP contribution in [0.5, 0.6) is 0 Å². The molecule has 1 N–H and O–H groups in total. The number of carbonyl (C=O) groups excluding carboxylic acids is 2. The molecule has 0 radical (unpaired) electrons. The molecular weight excluding hydrogens is 320 g/mol. The van der Waals surface area contributed by atoms with Crippen LogP contribution in [-0.2, 0) is 16.9 Å². The van der Waals surface area contributed by atoms with Gasteiger partial charge in [-0.3, -0.25) is 9.69 Å². The minimum atomic E-state index is -1.19. The number of urea groups is 1. The zero-order valence-electron chi connectivity index (χ0n) is 13.5. The van der Waals surface area contributed by atoms with Crippen LogP contribution in [0.25, 0.3) is 5.69 Å². The first-order chi connectivity index (χ1) is 12.1. The summed E-state index contributed by atoms with van der Waals surface area (Å²) in [6, 6.07) is 14.3. The molecule has 4 rings (SSSR count). The molecule has 126 valence electrons. The van der Waals surface area contributed by atoms with Crippen molar-refractivity contribution in [2.75, 3.05) is 0 Å². The Hall–Kier alpha value is -3.35. The molecule has 1 aromatic carbocycles. The van der Waals surface area contributed by atoms with Crippen molar-refractivity contribution in [2.45, 2.75) is 19.0 Å². The smallest absolute Gasteiger partial charge is 0.325 e. The molecule has 0 saturated carbocycles. The number of amides is 3. The quantitative estimate of drug-likeness (QED) is 0.742. The van der Waals surface area contributed by atoms with E-state index in [1.165, 1.54) is 6.26 Å². The lowest BCUT2D eigenvalue weighted by molar-refractivity contribution is -0.132. The number of rotatable bonds is 4. The predicted molar refractivity (Wildman–Crippen MR) is 88.7 cm³/mol. The zero-order chi connectivity index (χ0) is 17.4. The minimum absolute atomic E-state index is 0.0980. The monoisotopic (exact) mass is 336 g/mol. The fraction of sp³-hybridized carbons (Fsp3) is 0.167. The average Bonchev–Trinajstić information content (AvgIpc) is 3.34. The van der Waals surface area contributed by atoms with E-state index >= 15 is 0 Å². The highest BCUT2D eigenvalue weighted by molar-refractivity contribution is 6.06. The largest absolute Gasteiger partial charge is 0.466 e. The van der Waals surface area contributed by atoms with Crippen molar-refractivity contribution in [3.05, 3.63) is 72.4 Å². The van der Waals surface area contributed by atoms with Crippen LogP contribution < -0.4 is 5.32 Å². The van der Waals surface area contributed by atoms with E-state index in [1.54, 1.807) is 36.0 Å². The molecule has 1 atom stereocenters. The molecule has 3 heterocycles. The molecule has 1 saturated heterocycles. The summed E-state index contributed by atoms with van der Waals surface area (Å²) in [6.07, 6.45) is 3.28. The number of carbonyl (C=O) groups is 2. The van der Waals surface area contributed by atoms with Crippen molar-refractivity contribution in [1.29, 1.82) is 0 Å². The van der Waals surface area contributed by atoms with Gasteiger partial charge in [-0.15, -0.1) is 0 Å². The maximum atomic E-state index is 12.8. The third-order valence-corrected chi connectivity index (χ3v) is 4.27. The third kappa shape index (κ3) is 2.50. The topological polar surface area (TPSA) is 80.4 Å². The van der Waals surface area contributed by atoms with Crippen LogP contribution in [0.15, 0.2) is 65.4 Å². The van der Waals surface area contributed by atoms with Gasteiger partial charge in [0.2, 0.25) is 0 Å². The van der Waals surface area contributed by atoms with Crippen molar-refractivity contribution in [1.82, 2.24) is 20.0 Å². The molecule has 1 aliphatic heterocycles. The van der Waals surface area contributed by atoms with Gasteiger partial charge in [0.15, 0.2) is 5.54 Å². The second-order valence-electron chi connectivity index (χ2n) is 6.01. The van der Waals surface area contributed by atoms with Gasteiger partial charge in [-0.05, 0) is 37.3 Å². The molecule has 3 amide bonds. The van der Waals surface area contributed by atoms with Crippen molar-refractivity contribution in [3.8, 4) is 5.69 Å². The lowest BCUT2D eigenvalue weighted by Gasteiger charge is -2.18. The Morgan fingerprint density at radius 1 is 1.12 bits per heavy atom. The van der Waals surface area contributed by atoms with Crippen LogP contribution in [-0.4, -0.2) is 26.6 Å². The summed E-state index contributed by atoms with van der Waals surface area (Å²) in [7, 11) is 0. The maximum Gasteiger partial charge on any atom is 0.325 e. The third-order valence-electron chi connectivity index (χ3n) is 4.27. The van der Waals surface area contributed by atoms with Crippen LogP contribution in [0.1, 0.15) is 18.4 Å². The number of furan rings is 1. The van der Waals surface area contributed by atoms with Gasteiger partial charge in [0.25, 0.3) is 5.91 Å². The Morgan fingerprint density at radius 2 is 1.92 bits per heavy atom. The van der Waals surface area contributed by atoms with Gasteiger partial charge >= 0.3 is 6.03 Å². The summed E-state index contributed by atoms with van der Waals surface area (Å²) in [4.78, 5) is 26.2. The van der Waals surface area contributed by atoms with Gasteiger partial charge in [0, 0.05) is 6.20 Å². The molecule has 25 heavy (non-hydrogen) atoms. The van der Waals surface area contributed by atoms with E-state index in [9.17, 15) is 9.59 Å². The fourth-order valence-electron chi connectivity index (χ4n) is 2.90. The first-order valence-electron chi connectivity index (χ1n) is 7.86. The number of hydrogen-bond acceptors (Lipinski definition) is 4. The van der Waals surface area contributed by atoms with E-state index in [4.69, 9.17) is 4.42 Å². The number of imide groups is 1. The molecular formula is C18H16N4O3. The molecule has 7 nitrogen and oxygen atoms in total. The molecule has 2 aromatic heterocycles. The fourth-order valence-corrected chi connectivity index (χ4v) is 2.90. The van der Waals surface area contributed by atoms with Gasteiger partial charge < -0.3 is 9.73 Å². The van der Waals surface area contributed by atoms with E-state index in [0.29, 0.717) is 11.5 Å². The van der Waals surface area contributed by atoms with E-state index in [-0.39, 0.29) is 12.5 Å². The molecule has 1 aliphatic rings. The predicted octanol–water partition coefficient (Wildman–Crippen LogP) is 2.43. The molecule has 0 aliphatic carbocycles. The van der Waals surface area contributed by atoms with E-state index in [0.717, 1.165) is 10.6 Å². The number of benzene rings is 1. The minimum Gasteiger partial charge on any atom is -0.466 e. The highest BCUT2D eigenvalue weighted by Gasteiger charge is 2.51. The second kappa shape index (κ2) is 5.62. The van der Waals surface area contributed by atoms with E-state index in [1.807, 2.05) is 30.3 Å². The summed E-state index contributed by atoms with van der Waals surface area (Å²) in [5.74, 6) is 0.0462. The van der Waals surface area contributed by atoms with Crippen LogP contribution in [0.3, 0.4) is 0 Å². The van der Waals surface area contributed by atoms with Crippen molar-refractivity contribution in [2.24, 2.45) is 0 Å². The summed E-state index contributed by atoms with van der Waals surface area (Å²) in [6.45, 7) is 1.73. The Bertz CT molecular complexity index is 917. The van der Waals surface area contributed by atoms with Crippen LogP contribution >= 0.6 is 0 Å². The number of nitrogens with one attached hydrogen (secondary N) is 1. The molecule has 3 aromatic rings. The Kier molecular flexibility index (Phi) is 3.42. The standard InChI is InChI=1S/C18H16N4O3/c1-18(15-8-5-11-25-15)16(23)21(17(24)19-18)12-13-9-10-22(20-13)14-6-3-2-4-7-14/h2-11H,12H2,1H3,(H,19,24)/t18-/m0/s1. The van der Waals surface area contributed by atoms with Gasteiger partial charge in [0.1, 0.15) is 5.76 Å². The normalized spacial score (nSPS) is 20.1. The first kappa shape index (κ1) is 15.2. The molecule has 0 bridgehead atoms. The maximum absolute atomic E-state index is 12.8. The Morgan fingerprint density at radius 3 is 2.64 bits per heavy atom. The number of para-hydroxylation sites is 1. The summed E-state index contributed by atoms with van der Waals surface area (Å²) in [5.41, 5.74) is 0.338. The van der Waals surface area contributed by atoms with Crippen LogP contribution in [0.2, 0.25) is 0 Å². The van der Waals surface area contributed by atoms with Gasteiger partial charge in [-0.25, -0.2) is 9.48 Å². The second-order valence-corrected chi connectivity index (χ2v) is 6.01. The van der Waals surface area contributed by atoms with E-state index in [2.05, 4.69) is 10.4 Å². The molecule has 0 spiro atoms. The van der Waals surface area contributed by atoms with Gasteiger partial charge in [0.05, 0.1) is 24.2 Å². The van der Waals surface area contributed by atoms with Crippen molar-refractivity contribution >= 4 is 11.9 Å². The summed E-state index contributed by atoms with van der Waals surface area (Å²) >= 11 is 0. The number of hydrogen-bond donors (Lipinski definition) is 1. The Balaban J connectivity index is 1.56. The SMILES string of the molecule is C[C@@]1(c2ccco2)NC(=O)N(Cc2ccn(-c3ccccc3)n2)C1=O. The van der Waals surface area contributed by atoms with Gasteiger partial charge in [-0.2, -0.15) is 5.10 Å². The highest BCUT2D eigenvalue weighted by Crippen LogP contribution is 2.29. The van der Waals surface area contributed by atoms with E-state index < -0.39 is 11.6 Å². The lowest BCUT2D eigenvalue weighted by Crippen LogP contribution is -2.40. The lowest BCUT2D eigenvalue weighted by atomic mass is 9.99. The number of nitrogens with zero attached hydrogens (tertiary/aromatic N) is 3. The molecule has 1 fully saturated rings. The van der Waals surface area contributed by atoms with Crippen LogP contribution in [0, 0.1) is 0 Å². The zero-order valence-corrected chi connectivity index (χ0v) is 13.5. The first-order valence-corrected chi connectivity index (χ1v) is 7.86.